The third kappa shape index (κ3) is 3.83. The normalized spacial score (nSPS) is 21.3. The number of hydrogen-bond donors (Lipinski definition) is 1. The topological polar surface area (TPSA) is 51.6 Å². The van der Waals surface area contributed by atoms with E-state index in [4.69, 9.17) is 14.9 Å². The molecular weight excluding hydrogens is 228 g/mol. The molecule has 0 aromatic carbocycles. The molecule has 1 aliphatic rings. The predicted octanol–water partition coefficient (Wildman–Crippen LogP) is 2.13. The monoisotopic (exact) mass is 252 g/mol. The standard InChI is InChI=1S/C14H24N2O2/c1-2-6-17-13-4-3-5-16(9-13)10-14-7-12(8-15)11-18-14/h7,11,13H,2-6,8-10,15H2,1H3. The van der Waals surface area contributed by atoms with Crippen LogP contribution in [0.15, 0.2) is 16.7 Å². The van der Waals surface area contributed by atoms with Gasteiger partial charge in [0, 0.05) is 25.3 Å². The van der Waals surface area contributed by atoms with Gasteiger partial charge in [-0.25, -0.2) is 0 Å². The van der Waals surface area contributed by atoms with Gasteiger partial charge in [-0.1, -0.05) is 6.92 Å². The molecule has 0 bridgehead atoms. The van der Waals surface area contributed by atoms with E-state index >= 15 is 0 Å². The summed E-state index contributed by atoms with van der Waals surface area (Å²) in [5, 5.41) is 0. The molecule has 2 rings (SSSR count). The molecule has 1 saturated heterocycles. The van der Waals surface area contributed by atoms with Gasteiger partial charge in [-0.15, -0.1) is 0 Å². The Morgan fingerprint density at radius 1 is 1.56 bits per heavy atom. The molecule has 2 heterocycles. The van der Waals surface area contributed by atoms with Gasteiger partial charge in [0.15, 0.2) is 0 Å². The Balaban J connectivity index is 1.81. The lowest BCUT2D eigenvalue weighted by Crippen LogP contribution is -2.39. The quantitative estimate of drug-likeness (QED) is 0.842. The van der Waals surface area contributed by atoms with Crippen molar-refractivity contribution in [2.24, 2.45) is 5.73 Å². The van der Waals surface area contributed by atoms with Gasteiger partial charge in [-0.2, -0.15) is 0 Å². The third-order valence-corrected chi connectivity index (χ3v) is 3.34. The maximum atomic E-state index is 5.83. The smallest absolute Gasteiger partial charge is 0.118 e. The molecule has 102 valence electrons. The molecule has 18 heavy (non-hydrogen) atoms. The Morgan fingerprint density at radius 3 is 3.17 bits per heavy atom. The van der Waals surface area contributed by atoms with Crippen LogP contribution >= 0.6 is 0 Å². The Morgan fingerprint density at radius 2 is 2.44 bits per heavy atom. The largest absolute Gasteiger partial charge is 0.468 e. The molecule has 4 nitrogen and oxygen atoms in total. The van der Waals surface area contributed by atoms with Crippen LogP contribution in [-0.4, -0.2) is 30.7 Å². The molecule has 2 N–H and O–H groups in total. The van der Waals surface area contributed by atoms with Gasteiger partial charge in [0.1, 0.15) is 5.76 Å². The highest BCUT2D eigenvalue weighted by atomic mass is 16.5. The van der Waals surface area contributed by atoms with E-state index in [0.29, 0.717) is 12.6 Å². The van der Waals surface area contributed by atoms with Crippen molar-refractivity contribution in [3.05, 3.63) is 23.7 Å². The summed E-state index contributed by atoms with van der Waals surface area (Å²) in [7, 11) is 0. The first-order chi connectivity index (χ1) is 8.81. The average Bonchev–Trinajstić information content (AvgIpc) is 2.84. The van der Waals surface area contributed by atoms with E-state index in [9.17, 15) is 0 Å². The minimum Gasteiger partial charge on any atom is -0.468 e. The minimum atomic E-state index is 0.391. The molecule has 0 radical (unpaired) electrons. The Kier molecular flexibility index (Phi) is 5.23. The fourth-order valence-electron chi connectivity index (χ4n) is 2.41. The number of likely N-dealkylation sites (tertiary alicyclic amines) is 1. The molecule has 1 fully saturated rings. The van der Waals surface area contributed by atoms with Gasteiger partial charge in [-0.05, 0) is 31.9 Å². The zero-order chi connectivity index (χ0) is 12.8. The molecule has 1 aromatic rings. The second-order valence-corrected chi connectivity index (χ2v) is 5.00. The highest BCUT2D eigenvalue weighted by molar-refractivity contribution is 5.12. The number of hydrogen-bond acceptors (Lipinski definition) is 4. The molecule has 1 aliphatic heterocycles. The maximum Gasteiger partial charge on any atom is 0.118 e. The number of furan rings is 1. The first-order valence-corrected chi connectivity index (χ1v) is 6.92. The summed E-state index contributed by atoms with van der Waals surface area (Å²) >= 11 is 0. The van der Waals surface area contributed by atoms with E-state index in [1.54, 1.807) is 6.26 Å². The summed E-state index contributed by atoms with van der Waals surface area (Å²) < 4.78 is 11.3. The first-order valence-electron chi connectivity index (χ1n) is 6.92. The fraction of sp³-hybridized carbons (Fsp3) is 0.714. The van der Waals surface area contributed by atoms with Crippen molar-refractivity contribution in [3.63, 3.8) is 0 Å². The van der Waals surface area contributed by atoms with Crippen LogP contribution in [0.2, 0.25) is 0 Å². The lowest BCUT2D eigenvalue weighted by atomic mass is 10.1. The highest BCUT2D eigenvalue weighted by Crippen LogP contribution is 2.17. The number of nitrogens with two attached hydrogens (primary N) is 1. The lowest BCUT2D eigenvalue weighted by Gasteiger charge is -2.31. The third-order valence-electron chi connectivity index (χ3n) is 3.34. The fourth-order valence-corrected chi connectivity index (χ4v) is 2.41. The van der Waals surface area contributed by atoms with Crippen LogP contribution < -0.4 is 5.73 Å². The molecule has 1 unspecified atom stereocenters. The van der Waals surface area contributed by atoms with Gasteiger partial charge in [0.25, 0.3) is 0 Å². The maximum absolute atomic E-state index is 5.83. The van der Waals surface area contributed by atoms with Crippen LogP contribution in [-0.2, 0) is 17.8 Å². The Labute approximate surface area is 109 Å². The Bertz CT molecular complexity index is 351. The summed E-state index contributed by atoms with van der Waals surface area (Å²) in [4.78, 5) is 2.41. The lowest BCUT2D eigenvalue weighted by molar-refractivity contribution is -0.00373. The van der Waals surface area contributed by atoms with Crippen molar-refractivity contribution in [1.82, 2.24) is 4.90 Å². The Hall–Kier alpha value is -0.840. The summed E-state index contributed by atoms with van der Waals surface area (Å²) in [6.45, 7) is 6.58. The molecule has 1 atom stereocenters. The van der Waals surface area contributed by atoms with Crippen LogP contribution in [0.25, 0.3) is 0 Å². The van der Waals surface area contributed by atoms with Gasteiger partial charge in [0.2, 0.25) is 0 Å². The van der Waals surface area contributed by atoms with Crippen LogP contribution in [0.1, 0.15) is 37.5 Å². The molecule has 0 spiro atoms. The summed E-state index contributed by atoms with van der Waals surface area (Å²) in [6, 6.07) is 2.05. The van der Waals surface area contributed by atoms with E-state index < -0.39 is 0 Å². The summed E-state index contributed by atoms with van der Waals surface area (Å²) in [5.74, 6) is 1.01. The van der Waals surface area contributed by atoms with Crippen molar-refractivity contribution in [2.45, 2.75) is 45.4 Å². The predicted molar refractivity (Wildman–Crippen MR) is 71.1 cm³/mol. The van der Waals surface area contributed by atoms with Gasteiger partial charge in [0.05, 0.1) is 18.9 Å². The molecule has 0 aliphatic carbocycles. The number of piperidine rings is 1. The van der Waals surface area contributed by atoms with Crippen molar-refractivity contribution < 1.29 is 9.15 Å². The van der Waals surface area contributed by atoms with E-state index in [1.165, 1.54) is 12.8 Å². The number of nitrogens with zero attached hydrogens (tertiary/aromatic N) is 1. The van der Waals surface area contributed by atoms with Crippen molar-refractivity contribution >= 4 is 0 Å². The number of rotatable bonds is 6. The summed E-state index contributed by atoms with van der Waals surface area (Å²) in [6.07, 6.45) is 5.63. The van der Waals surface area contributed by atoms with E-state index in [1.807, 2.05) is 0 Å². The number of ether oxygens (including phenoxy) is 1. The molecule has 0 saturated carbocycles. The van der Waals surface area contributed by atoms with Gasteiger partial charge < -0.3 is 14.9 Å². The summed E-state index contributed by atoms with van der Waals surface area (Å²) in [5.41, 5.74) is 6.65. The van der Waals surface area contributed by atoms with E-state index in [0.717, 1.165) is 44.0 Å². The van der Waals surface area contributed by atoms with Crippen molar-refractivity contribution in [1.29, 1.82) is 0 Å². The van der Waals surface area contributed by atoms with Gasteiger partial charge >= 0.3 is 0 Å². The molecular formula is C14H24N2O2. The molecule has 0 amide bonds. The second-order valence-electron chi connectivity index (χ2n) is 5.00. The van der Waals surface area contributed by atoms with Crippen LogP contribution in [0, 0.1) is 0 Å². The van der Waals surface area contributed by atoms with Crippen LogP contribution in [0.5, 0.6) is 0 Å². The van der Waals surface area contributed by atoms with Crippen LogP contribution in [0.3, 0.4) is 0 Å². The zero-order valence-electron chi connectivity index (χ0n) is 11.2. The SMILES string of the molecule is CCCOC1CCCN(Cc2cc(CN)co2)C1. The molecule has 4 heteroatoms. The molecule has 1 aromatic heterocycles. The zero-order valence-corrected chi connectivity index (χ0v) is 11.2. The van der Waals surface area contributed by atoms with Gasteiger partial charge in [-0.3, -0.25) is 4.90 Å². The average molecular weight is 252 g/mol. The first kappa shape index (κ1) is 13.6. The second kappa shape index (κ2) is 6.92. The van der Waals surface area contributed by atoms with Crippen LogP contribution in [0.4, 0.5) is 0 Å². The van der Waals surface area contributed by atoms with E-state index in [2.05, 4.69) is 17.9 Å². The minimum absolute atomic E-state index is 0.391. The van der Waals surface area contributed by atoms with E-state index in [-0.39, 0.29) is 0 Å². The van der Waals surface area contributed by atoms with Crippen molar-refractivity contribution in [2.75, 3.05) is 19.7 Å². The highest BCUT2D eigenvalue weighted by Gasteiger charge is 2.20. The van der Waals surface area contributed by atoms with Crippen molar-refractivity contribution in [3.8, 4) is 0 Å².